The molecule has 0 amide bonds. The molecule has 0 saturated carbocycles. The number of hydrogen-bond donors (Lipinski definition) is 0. The maximum absolute atomic E-state index is 9.32. The fourth-order valence-corrected chi connectivity index (χ4v) is 7.44. The zero-order valence-electron chi connectivity index (χ0n) is 33.3. The topological polar surface area (TPSA) is 101 Å². The van der Waals surface area contributed by atoms with Gasteiger partial charge in [0.25, 0.3) is 0 Å². The van der Waals surface area contributed by atoms with E-state index in [9.17, 15) is 5.26 Å². The second-order valence-corrected chi connectivity index (χ2v) is 14.7. The van der Waals surface area contributed by atoms with Crippen molar-refractivity contribution in [2.24, 2.45) is 0 Å². The molecule has 290 valence electrons. The zero-order valence-corrected chi connectivity index (χ0v) is 33.3. The average molecular weight is 794 g/mol. The van der Waals surface area contributed by atoms with E-state index >= 15 is 0 Å². The normalized spacial score (nSPS) is 10.9. The molecule has 8 aromatic carbocycles. The largest absolute Gasteiger partial charge is 0.208 e. The lowest BCUT2D eigenvalue weighted by Crippen LogP contribution is -2.01. The summed E-state index contributed by atoms with van der Waals surface area (Å²) in [6.07, 6.45) is 0. The minimum Gasteiger partial charge on any atom is -0.208 e. The van der Waals surface area contributed by atoms with Gasteiger partial charge in [-0.15, -0.1) is 0 Å². The Bertz CT molecular complexity index is 3150. The molecule has 0 bridgehead atoms. The highest BCUT2D eigenvalue weighted by Gasteiger charge is 2.18. The third-order valence-electron chi connectivity index (χ3n) is 10.7. The molecule has 0 spiro atoms. The molecule has 0 N–H and O–H groups in total. The van der Waals surface area contributed by atoms with Crippen molar-refractivity contribution >= 4 is 0 Å². The summed E-state index contributed by atoms with van der Waals surface area (Å²) in [5.74, 6) is 3.47. The standard InChI is InChI=1S/C55H35N7/c56-36-37-24-26-39(27-25-37)45-22-13-23-47(34-45)54-59-50(41-16-7-2-8-17-41)57-53(60-54)44-30-28-40(29-31-44)48-33-32-46(38-14-5-1-6-15-38)35-49(48)55-61-51(42-18-9-3-10-19-42)58-52(62-55)43-20-11-4-12-21-43/h1-35H. The second kappa shape index (κ2) is 16.9. The van der Waals surface area contributed by atoms with Crippen molar-refractivity contribution < 1.29 is 0 Å². The van der Waals surface area contributed by atoms with Gasteiger partial charge in [0.1, 0.15) is 0 Å². The van der Waals surface area contributed by atoms with Gasteiger partial charge < -0.3 is 0 Å². The molecule has 0 aliphatic rings. The van der Waals surface area contributed by atoms with Gasteiger partial charge in [-0.3, -0.25) is 0 Å². The molecule has 7 nitrogen and oxygen atoms in total. The van der Waals surface area contributed by atoms with Gasteiger partial charge in [-0.05, 0) is 57.6 Å². The zero-order chi connectivity index (χ0) is 41.7. The van der Waals surface area contributed by atoms with Crippen LogP contribution in [0.3, 0.4) is 0 Å². The predicted molar refractivity (Wildman–Crippen MR) is 247 cm³/mol. The first-order chi connectivity index (χ1) is 30.6. The molecule has 0 aliphatic carbocycles. The third kappa shape index (κ3) is 7.87. The SMILES string of the molecule is N#Cc1ccc(-c2cccc(-c3nc(-c4ccccc4)nc(-c4ccc(-c5ccc(-c6ccccc6)cc5-c5nc(-c6ccccc6)nc(-c6ccccc6)n5)cc4)n3)c2)cc1. The minimum atomic E-state index is 0.557. The smallest absolute Gasteiger partial charge is 0.164 e. The molecule has 10 rings (SSSR count). The van der Waals surface area contributed by atoms with Gasteiger partial charge in [-0.1, -0.05) is 188 Å². The first-order valence-corrected chi connectivity index (χ1v) is 20.3. The van der Waals surface area contributed by atoms with Crippen molar-refractivity contribution in [2.75, 3.05) is 0 Å². The molecule has 10 aromatic rings. The minimum absolute atomic E-state index is 0.557. The molecular weight excluding hydrogens is 759 g/mol. The molecule has 0 unspecified atom stereocenters. The van der Waals surface area contributed by atoms with Crippen LogP contribution in [0.2, 0.25) is 0 Å². The maximum Gasteiger partial charge on any atom is 0.164 e. The lowest BCUT2D eigenvalue weighted by atomic mass is 9.94. The van der Waals surface area contributed by atoms with Crippen molar-refractivity contribution in [2.45, 2.75) is 0 Å². The van der Waals surface area contributed by atoms with Crippen LogP contribution in [0.5, 0.6) is 0 Å². The molecular formula is C55H35N7. The van der Waals surface area contributed by atoms with E-state index in [1.165, 1.54) is 0 Å². The molecule has 0 saturated heterocycles. The lowest BCUT2D eigenvalue weighted by Gasteiger charge is -2.14. The van der Waals surface area contributed by atoms with Gasteiger partial charge in [0.15, 0.2) is 34.9 Å². The van der Waals surface area contributed by atoms with Gasteiger partial charge in [-0.2, -0.15) is 5.26 Å². The number of rotatable bonds is 9. The summed E-state index contributed by atoms with van der Waals surface area (Å²) in [7, 11) is 0. The van der Waals surface area contributed by atoms with E-state index in [-0.39, 0.29) is 0 Å². The van der Waals surface area contributed by atoms with Crippen LogP contribution in [0.4, 0.5) is 0 Å². The number of benzene rings is 8. The molecule has 62 heavy (non-hydrogen) atoms. The molecule has 7 heteroatoms. The summed E-state index contributed by atoms with van der Waals surface area (Å²) in [5.41, 5.74) is 12.0. The fourth-order valence-electron chi connectivity index (χ4n) is 7.44. The van der Waals surface area contributed by atoms with E-state index in [1.807, 2.05) is 152 Å². The first-order valence-electron chi connectivity index (χ1n) is 20.3. The highest BCUT2D eigenvalue weighted by Crippen LogP contribution is 2.37. The quantitative estimate of drug-likeness (QED) is 0.143. The Balaban J connectivity index is 1.09. The second-order valence-electron chi connectivity index (χ2n) is 14.7. The Morgan fingerprint density at radius 3 is 1.08 bits per heavy atom. The van der Waals surface area contributed by atoms with E-state index < -0.39 is 0 Å². The van der Waals surface area contributed by atoms with E-state index in [1.54, 1.807) is 0 Å². The van der Waals surface area contributed by atoms with Crippen LogP contribution in [0, 0.1) is 11.3 Å². The van der Waals surface area contributed by atoms with Crippen LogP contribution in [0.25, 0.3) is 102 Å². The molecule has 0 aliphatic heterocycles. The van der Waals surface area contributed by atoms with E-state index in [0.717, 1.165) is 66.8 Å². The van der Waals surface area contributed by atoms with Crippen LogP contribution >= 0.6 is 0 Å². The summed E-state index contributed by atoms with van der Waals surface area (Å²) in [5, 5.41) is 9.32. The molecule has 0 fully saturated rings. The van der Waals surface area contributed by atoms with E-state index in [2.05, 4.69) is 66.7 Å². The van der Waals surface area contributed by atoms with Gasteiger partial charge in [0, 0.05) is 33.4 Å². The Kier molecular flexibility index (Phi) is 10.2. The van der Waals surface area contributed by atoms with Crippen molar-refractivity contribution in [3.63, 3.8) is 0 Å². The fraction of sp³-hybridized carbons (Fsp3) is 0. The molecule has 2 aromatic heterocycles. The van der Waals surface area contributed by atoms with Crippen molar-refractivity contribution in [1.29, 1.82) is 5.26 Å². The maximum atomic E-state index is 9.32. The highest BCUT2D eigenvalue weighted by molar-refractivity contribution is 5.86. The Morgan fingerprint density at radius 2 is 0.581 bits per heavy atom. The van der Waals surface area contributed by atoms with Crippen LogP contribution < -0.4 is 0 Å². The van der Waals surface area contributed by atoms with Crippen molar-refractivity contribution in [3.05, 3.63) is 218 Å². The Hall–Kier alpha value is -8.73. The van der Waals surface area contributed by atoms with Crippen LogP contribution in [-0.4, -0.2) is 29.9 Å². The number of aromatic nitrogens is 6. The Labute approximate surface area is 359 Å². The third-order valence-corrected chi connectivity index (χ3v) is 10.7. The Morgan fingerprint density at radius 1 is 0.242 bits per heavy atom. The number of nitrogens with zero attached hydrogens (tertiary/aromatic N) is 7. The average Bonchev–Trinajstić information content (AvgIpc) is 3.37. The van der Waals surface area contributed by atoms with E-state index in [0.29, 0.717) is 40.5 Å². The van der Waals surface area contributed by atoms with Crippen LogP contribution in [0.1, 0.15) is 5.56 Å². The predicted octanol–water partition coefficient (Wildman–Crippen LogP) is 12.9. The van der Waals surface area contributed by atoms with Gasteiger partial charge in [-0.25, -0.2) is 29.9 Å². The lowest BCUT2D eigenvalue weighted by molar-refractivity contribution is 1.07. The summed E-state index contributed by atoms with van der Waals surface area (Å²) in [6.45, 7) is 0. The number of hydrogen-bond acceptors (Lipinski definition) is 7. The van der Waals surface area contributed by atoms with Crippen molar-refractivity contribution in [3.8, 4) is 108 Å². The number of nitriles is 1. The molecule has 0 atom stereocenters. The van der Waals surface area contributed by atoms with Crippen LogP contribution in [-0.2, 0) is 0 Å². The van der Waals surface area contributed by atoms with E-state index in [4.69, 9.17) is 29.9 Å². The van der Waals surface area contributed by atoms with Gasteiger partial charge >= 0.3 is 0 Å². The first kappa shape index (κ1) is 37.5. The van der Waals surface area contributed by atoms with Gasteiger partial charge in [0.2, 0.25) is 0 Å². The molecule has 2 heterocycles. The van der Waals surface area contributed by atoms with Gasteiger partial charge in [0.05, 0.1) is 11.6 Å². The summed E-state index contributed by atoms with van der Waals surface area (Å²) in [4.78, 5) is 30.3. The molecule has 0 radical (unpaired) electrons. The monoisotopic (exact) mass is 793 g/mol. The van der Waals surface area contributed by atoms with Crippen LogP contribution in [0.15, 0.2) is 212 Å². The summed E-state index contributed by atoms with van der Waals surface area (Å²) < 4.78 is 0. The summed E-state index contributed by atoms with van der Waals surface area (Å²) in [6, 6.07) is 73.1. The van der Waals surface area contributed by atoms with Crippen molar-refractivity contribution in [1.82, 2.24) is 29.9 Å². The summed E-state index contributed by atoms with van der Waals surface area (Å²) >= 11 is 0. The highest BCUT2D eigenvalue weighted by atomic mass is 15.0.